The van der Waals surface area contributed by atoms with Crippen molar-refractivity contribution in [2.75, 3.05) is 19.3 Å². The largest absolute Gasteiger partial charge is 0.490 e. The van der Waals surface area contributed by atoms with Gasteiger partial charge in [0.1, 0.15) is 11.9 Å². The molecular formula is C35H50N4O3. The standard InChI is InChI=1S/C35H50N4O3/c1-4-27-22-30(20-24(2)39(27)3)41-28-15-12-25(13-16-28)33(37)31-21-26(14-17-32(31)36)34(40)38-23-35(18-8-5-9-19-35)42-29-10-6-7-11-29/h12-17,21,24,27,29-30,37H,4-11,18-20,22-23,36H2,1-3H3,(H,38,40). The number of rotatable bonds is 10. The molecule has 42 heavy (non-hydrogen) atoms. The van der Waals surface area contributed by atoms with Crippen LogP contribution in [-0.2, 0) is 4.74 Å². The summed E-state index contributed by atoms with van der Waals surface area (Å²) in [5.74, 6) is 0.672. The Morgan fingerprint density at radius 2 is 1.69 bits per heavy atom. The van der Waals surface area contributed by atoms with Gasteiger partial charge in [0.2, 0.25) is 0 Å². The summed E-state index contributed by atoms with van der Waals surface area (Å²) >= 11 is 0. The minimum Gasteiger partial charge on any atom is -0.490 e. The highest BCUT2D eigenvalue weighted by molar-refractivity contribution is 6.14. The van der Waals surface area contributed by atoms with Gasteiger partial charge in [0.15, 0.2) is 0 Å². The molecule has 2 saturated carbocycles. The lowest BCUT2D eigenvalue weighted by atomic mass is 9.84. The van der Waals surface area contributed by atoms with E-state index in [1.54, 1.807) is 18.2 Å². The second-order valence-corrected chi connectivity index (χ2v) is 12.9. The number of hydrogen-bond acceptors (Lipinski definition) is 6. The maximum atomic E-state index is 13.3. The van der Waals surface area contributed by atoms with Crippen LogP contribution in [0.25, 0.3) is 0 Å². The Morgan fingerprint density at radius 3 is 2.38 bits per heavy atom. The average Bonchev–Trinajstić information content (AvgIpc) is 3.51. The van der Waals surface area contributed by atoms with Gasteiger partial charge in [-0.1, -0.05) is 39.0 Å². The lowest BCUT2D eigenvalue weighted by molar-refractivity contribution is -0.108. The SMILES string of the molecule is CCC1CC(Oc2ccc(C(=N)c3cc(C(=O)NCC4(OC5CCCC5)CCCCC4)ccc3N)cc2)CC(C)N1C. The van der Waals surface area contributed by atoms with Crippen molar-refractivity contribution in [3.8, 4) is 5.75 Å². The molecular weight excluding hydrogens is 524 g/mol. The number of anilines is 1. The topological polar surface area (TPSA) is 101 Å². The van der Waals surface area contributed by atoms with Crippen LogP contribution in [0.4, 0.5) is 5.69 Å². The summed E-state index contributed by atoms with van der Waals surface area (Å²) in [6.07, 6.45) is 13.9. The normalized spacial score (nSPS) is 24.8. The number of nitrogen functional groups attached to an aromatic ring is 1. The molecule has 1 aliphatic heterocycles. The Hall–Kier alpha value is -2.90. The number of ether oxygens (including phenoxy) is 2. The van der Waals surface area contributed by atoms with Gasteiger partial charge >= 0.3 is 0 Å². The average molecular weight is 575 g/mol. The van der Waals surface area contributed by atoms with Crippen molar-refractivity contribution in [1.82, 2.24) is 10.2 Å². The zero-order valence-corrected chi connectivity index (χ0v) is 25.8. The summed E-state index contributed by atoms with van der Waals surface area (Å²) in [5.41, 5.74) is 8.63. The third-order valence-corrected chi connectivity index (χ3v) is 9.97. The van der Waals surface area contributed by atoms with E-state index < -0.39 is 0 Å². The molecule has 5 rings (SSSR count). The monoisotopic (exact) mass is 574 g/mol. The Balaban J connectivity index is 1.22. The third kappa shape index (κ3) is 7.17. The van der Waals surface area contributed by atoms with Crippen LogP contribution in [0.5, 0.6) is 5.75 Å². The highest BCUT2D eigenvalue weighted by atomic mass is 16.5. The molecule has 2 aliphatic carbocycles. The molecule has 2 aromatic rings. The number of hydrogen-bond donors (Lipinski definition) is 3. The van der Waals surface area contributed by atoms with Crippen LogP contribution in [0.3, 0.4) is 0 Å². The summed E-state index contributed by atoms with van der Waals surface area (Å²) < 4.78 is 13.0. The molecule has 3 atom stereocenters. The fraction of sp³-hybridized carbons (Fsp3) is 0.600. The van der Waals surface area contributed by atoms with Gasteiger partial charge in [0.05, 0.1) is 17.4 Å². The van der Waals surface area contributed by atoms with E-state index in [1.165, 1.54) is 19.3 Å². The molecule has 0 bridgehead atoms. The predicted octanol–water partition coefficient (Wildman–Crippen LogP) is 6.72. The minimum absolute atomic E-state index is 0.148. The van der Waals surface area contributed by atoms with Gasteiger partial charge in [0.25, 0.3) is 5.91 Å². The first-order valence-corrected chi connectivity index (χ1v) is 16.2. The van der Waals surface area contributed by atoms with Crippen molar-refractivity contribution >= 4 is 17.3 Å². The van der Waals surface area contributed by atoms with Gasteiger partial charge in [-0.3, -0.25) is 10.2 Å². The maximum absolute atomic E-state index is 13.3. The minimum atomic E-state index is -0.265. The molecule has 3 aliphatic rings. The van der Waals surface area contributed by atoms with Crippen LogP contribution in [0.15, 0.2) is 42.5 Å². The van der Waals surface area contributed by atoms with Crippen LogP contribution >= 0.6 is 0 Å². The summed E-state index contributed by atoms with van der Waals surface area (Å²) in [7, 11) is 2.21. The molecule has 7 heteroatoms. The number of nitrogens with one attached hydrogen (secondary N) is 2. The van der Waals surface area contributed by atoms with Crippen LogP contribution in [0.2, 0.25) is 0 Å². The first-order chi connectivity index (χ1) is 20.3. The fourth-order valence-electron chi connectivity index (χ4n) is 7.22. The van der Waals surface area contributed by atoms with Crippen LogP contribution in [-0.4, -0.2) is 60.0 Å². The van der Waals surface area contributed by atoms with E-state index in [0.717, 1.165) is 69.1 Å². The van der Waals surface area contributed by atoms with Crippen molar-refractivity contribution < 1.29 is 14.3 Å². The summed E-state index contributed by atoms with van der Waals surface area (Å²) in [5, 5.41) is 12.1. The van der Waals surface area contributed by atoms with Gasteiger partial charge in [-0.2, -0.15) is 0 Å². The van der Waals surface area contributed by atoms with Crippen LogP contribution in [0.1, 0.15) is 112 Å². The highest BCUT2D eigenvalue weighted by Gasteiger charge is 2.37. The fourth-order valence-corrected chi connectivity index (χ4v) is 7.22. The molecule has 0 aromatic heterocycles. The van der Waals surface area contributed by atoms with E-state index in [0.29, 0.717) is 47.3 Å². The summed E-state index contributed by atoms with van der Waals surface area (Å²) in [6.45, 7) is 5.02. The number of nitrogens with two attached hydrogens (primary N) is 1. The van der Waals surface area contributed by atoms with Crippen LogP contribution < -0.4 is 15.8 Å². The van der Waals surface area contributed by atoms with Crippen molar-refractivity contribution in [3.05, 3.63) is 59.2 Å². The van der Waals surface area contributed by atoms with Crippen LogP contribution in [0, 0.1) is 5.41 Å². The number of piperidine rings is 1. The van der Waals surface area contributed by atoms with Gasteiger partial charge in [-0.15, -0.1) is 0 Å². The lowest BCUT2D eigenvalue weighted by Gasteiger charge is -2.41. The quantitative estimate of drug-likeness (QED) is 0.216. The van der Waals surface area contributed by atoms with Gasteiger partial charge < -0.3 is 25.4 Å². The third-order valence-electron chi connectivity index (χ3n) is 9.97. The second-order valence-electron chi connectivity index (χ2n) is 12.9. The van der Waals surface area contributed by atoms with Gasteiger partial charge in [0, 0.05) is 41.0 Å². The smallest absolute Gasteiger partial charge is 0.251 e. The summed E-state index contributed by atoms with van der Waals surface area (Å²) in [4.78, 5) is 15.8. The molecule has 3 unspecified atom stereocenters. The van der Waals surface area contributed by atoms with E-state index in [9.17, 15) is 4.79 Å². The first-order valence-electron chi connectivity index (χ1n) is 16.2. The van der Waals surface area contributed by atoms with E-state index in [4.69, 9.17) is 20.6 Å². The molecule has 3 fully saturated rings. The molecule has 0 radical (unpaired) electrons. The molecule has 1 amide bonds. The maximum Gasteiger partial charge on any atom is 0.251 e. The van der Waals surface area contributed by atoms with E-state index in [2.05, 4.69) is 31.1 Å². The number of nitrogens with zero attached hydrogens (tertiary/aromatic N) is 1. The molecule has 228 valence electrons. The van der Waals surface area contributed by atoms with Crippen molar-refractivity contribution in [1.29, 1.82) is 5.41 Å². The predicted molar refractivity (Wildman–Crippen MR) is 170 cm³/mol. The van der Waals surface area contributed by atoms with Crippen molar-refractivity contribution in [2.24, 2.45) is 0 Å². The molecule has 2 aromatic carbocycles. The zero-order chi connectivity index (χ0) is 29.7. The van der Waals surface area contributed by atoms with Gasteiger partial charge in [-0.05, 0) is 101 Å². The van der Waals surface area contributed by atoms with Gasteiger partial charge in [-0.25, -0.2) is 0 Å². The molecule has 1 saturated heterocycles. The Kier molecular flexibility index (Phi) is 9.89. The summed E-state index contributed by atoms with van der Waals surface area (Å²) in [6, 6.07) is 13.9. The molecule has 7 nitrogen and oxygen atoms in total. The Bertz CT molecular complexity index is 1220. The highest BCUT2D eigenvalue weighted by Crippen LogP contribution is 2.36. The Labute approximate surface area is 252 Å². The number of carbonyl (C=O) groups excluding carboxylic acids is 1. The lowest BCUT2D eigenvalue weighted by Crippen LogP contribution is -2.48. The number of likely N-dealkylation sites (tertiary alicyclic amines) is 1. The molecule has 1 heterocycles. The molecule has 0 spiro atoms. The number of benzene rings is 2. The number of amides is 1. The van der Waals surface area contributed by atoms with Crippen molar-refractivity contribution in [3.63, 3.8) is 0 Å². The Morgan fingerprint density at radius 1 is 1.00 bits per heavy atom. The van der Waals surface area contributed by atoms with E-state index in [1.807, 2.05) is 24.3 Å². The molecule has 4 N–H and O–H groups in total. The van der Waals surface area contributed by atoms with E-state index >= 15 is 0 Å². The van der Waals surface area contributed by atoms with Crippen molar-refractivity contribution in [2.45, 2.75) is 121 Å². The zero-order valence-electron chi connectivity index (χ0n) is 25.8. The number of carbonyl (C=O) groups is 1. The first kappa shape index (κ1) is 30.6. The second kappa shape index (κ2) is 13.6. The van der Waals surface area contributed by atoms with E-state index in [-0.39, 0.29) is 17.6 Å².